The number of aromatic nitrogens is 4. The van der Waals surface area contributed by atoms with Crippen molar-refractivity contribution in [1.82, 2.24) is 20.2 Å². The number of esters is 1. The molecule has 0 fully saturated rings. The third-order valence-corrected chi connectivity index (χ3v) is 5.76. The number of carbonyl (C=O) groups is 1. The number of benzene rings is 2. The number of para-hydroxylation sites is 2. The molecule has 9 heteroatoms. The lowest BCUT2D eigenvalue weighted by molar-refractivity contribution is -0.133. The van der Waals surface area contributed by atoms with Crippen molar-refractivity contribution in [2.24, 2.45) is 0 Å². The predicted molar refractivity (Wildman–Crippen MR) is 121 cm³/mol. The summed E-state index contributed by atoms with van der Waals surface area (Å²) >= 11 is 1.13. The van der Waals surface area contributed by atoms with E-state index in [9.17, 15) is 9.90 Å². The number of methoxy groups -OCH3 is 1. The highest BCUT2D eigenvalue weighted by molar-refractivity contribution is 7.99. The highest BCUT2D eigenvalue weighted by Gasteiger charge is 2.23. The molecular weight excluding hydrogens is 428 g/mol. The number of aliphatic hydroxyl groups is 1. The summed E-state index contributed by atoms with van der Waals surface area (Å²) < 4.78 is 10.6. The van der Waals surface area contributed by atoms with Crippen LogP contribution in [0.4, 0.5) is 0 Å². The molecule has 0 saturated carbocycles. The van der Waals surface area contributed by atoms with E-state index in [1.165, 1.54) is 12.7 Å². The quantitative estimate of drug-likeness (QED) is 0.174. The highest BCUT2D eigenvalue weighted by atomic mass is 32.2. The van der Waals surface area contributed by atoms with E-state index in [-0.39, 0.29) is 28.8 Å². The van der Waals surface area contributed by atoms with E-state index in [0.29, 0.717) is 23.1 Å². The summed E-state index contributed by atoms with van der Waals surface area (Å²) in [6, 6.07) is 17.4. The number of aliphatic hydroxyl groups excluding tert-OH is 1. The van der Waals surface area contributed by atoms with E-state index in [1.54, 1.807) is 0 Å². The summed E-state index contributed by atoms with van der Waals surface area (Å²) in [5.74, 6) is 0.124. The Labute approximate surface area is 188 Å². The van der Waals surface area contributed by atoms with Crippen molar-refractivity contribution in [2.75, 3.05) is 12.9 Å². The van der Waals surface area contributed by atoms with Crippen molar-refractivity contribution >= 4 is 34.3 Å². The van der Waals surface area contributed by atoms with Gasteiger partial charge in [0, 0.05) is 6.42 Å². The number of fused-ring (bicyclic) bond motifs is 1. The molecule has 1 unspecified atom stereocenters. The summed E-state index contributed by atoms with van der Waals surface area (Å²) in [7, 11) is 1.25. The van der Waals surface area contributed by atoms with Crippen LogP contribution in [-0.4, -0.2) is 44.1 Å². The number of thioether (sulfide) groups is 1. The minimum atomic E-state index is -0.690. The van der Waals surface area contributed by atoms with Crippen LogP contribution in [-0.2, 0) is 16.0 Å². The van der Waals surface area contributed by atoms with Crippen LogP contribution >= 0.6 is 11.8 Å². The second-order valence-corrected chi connectivity index (χ2v) is 8.11. The Bertz CT molecular complexity index is 1220. The van der Waals surface area contributed by atoms with Gasteiger partial charge in [-0.15, -0.1) is 10.2 Å². The largest absolute Gasteiger partial charge is 0.510 e. The van der Waals surface area contributed by atoms with Gasteiger partial charge in [0.25, 0.3) is 5.22 Å². The van der Waals surface area contributed by atoms with Gasteiger partial charge < -0.3 is 19.2 Å². The topological polar surface area (TPSA) is 114 Å². The van der Waals surface area contributed by atoms with Crippen molar-refractivity contribution in [1.29, 1.82) is 0 Å². The van der Waals surface area contributed by atoms with Crippen molar-refractivity contribution in [3.8, 4) is 0 Å². The number of rotatable bonds is 8. The molecule has 32 heavy (non-hydrogen) atoms. The third kappa shape index (κ3) is 4.83. The van der Waals surface area contributed by atoms with Crippen LogP contribution in [0.25, 0.3) is 16.6 Å². The number of nitrogens with one attached hydrogen (secondary N) is 1. The van der Waals surface area contributed by atoms with Crippen LogP contribution in [0, 0.1) is 0 Å². The molecular formula is C23H22N4O4S. The molecule has 0 saturated heterocycles. The molecule has 0 spiro atoms. The van der Waals surface area contributed by atoms with Gasteiger partial charge >= 0.3 is 5.97 Å². The van der Waals surface area contributed by atoms with Gasteiger partial charge in [-0.05, 0) is 23.6 Å². The predicted octanol–water partition coefficient (Wildman–Crippen LogP) is 4.53. The number of H-pyrrole nitrogens is 1. The maximum Gasteiger partial charge on any atom is 0.345 e. The number of hydrogen-bond acceptors (Lipinski definition) is 8. The number of imidazole rings is 1. The van der Waals surface area contributed by atoms with Crippen LogP contribution < -0.4 is 0 Å². The lowest BCUT2D eigenvalue weighted by Crippen LogP contribution is -2.09. The Morgan fingerprint density at radius 2 is 1.91 bits per heavy atom. The highest BCUT2D eigenvalue weighted by Crippen LogP contribution is 2.26. The SMILES string of the molecule is COC(=O)/C(=C(/O)CSc1nnc(CC(C)c2ccccc2)o1)c1nc2ccccc2[nH]1. The minimum absolute atomic E-state index is 0.0337. The molecule has 0 bridgehead atoms. The molecule has 2 N–H and O–H groups in total. The van der Waals surface area contributed by atoms with Gasteiger partial charge in [-0.3, -0.25) is 0 Å². The zero-order valence-corrected chi connectivity index (χ0v) is 18.4. The van der Waals surface area contributed by atoms with Gasteiger partial charge in [0.05, 0.1) is 23.9 Å². The second-order valence-electron chi connectivity index (χ2n) is 7.18. The molecule has 4 aromatic rings. The molecule has 0 aliphatic carbocycles. The summed E-state index contributed by atoms with van der Waals surface area (Å²) in [5, 5.41) is 19.1. The molecule has 2 aromatic heterocycles. The van der Waals surface area contributed by atoms with Gasteiger partial charge in [0.2, 0.25) is 5.89 Å². The van der Waals surface area contributed by atoms with E-state index in [0.717, 1.165) is 17.3 Å². The smallest absolute Gasteiger partial charge is 0.345 e. The number of nitrogens with zero attached hydrogens (tertiary/aromatic N) is 3. The molecule has 0 radical (unpaired) electrons. The summed E-state index contributed by atoms with van der Waals surface area (Å²) in [6.07, 6.45) is 0.603. The van der Waals surface area contributed by atoms with E-state index < -0.39 is 5.97 Å². The first-order valence-corrected chi connectivity index (χ1v) is 11.0. The van der Waals surface area contributed by atoms with Crippen LogP contribution in [0.3, 0.4) is 0 Å². The summed E-state index contributed by atoms with van der Waals surface area (Å²) in [6.45, 7) is 2.09. The summed E-state index contributed by atoms with van der Waals surface area (Å²) in [4.78, 5) is 19.8. The fourth-order valence-corrected chi connectivity index (χ4v) is 3.93. The zero-order chi connectivity index (χ0) is 22.5. The first-order valence-electron chi connectivity index (χ1n) is 10.0. The lowest BCUT2D eigenvalue weighted by Gasteiger charge is -2.08. The van der Waals surface area contributed by atoms with Gasteiger partial charge in [0.15, 0.2) is 0 Å². The molecule has 4 rings (SSSR count). The summed E-state index contributed by atoms with van der Waals surface area (Å²) in [5.41, 5.74) is 2.58. The van der Waals surface area contributed by atoms with Gasteiger partial charge in [-0.1, -0.05) is 61.2 Å². The average molecular weight is 451 g/mol. The molecule has 2 heterocycles. The third-order valence-electron chi connectivity index (χ3n) is 4.93. The minimum Gasteiger partial charge on any atom is -0.510 e. The van der Waals surface area contributed by atoms with Crippen LogP contribution in [0.1, 0.15) is 30.1 Å². The molecule has 164 valence electrons. The Morgan fingerprint density at radius 3 is 2.66 bits per heavy atom. The number of ether oxygens (including phenoxy) is 1. The van der Waals surface area contributed by atoms with Crippen LogP contribution in [0.5, 0.6) is 0 Å². The van der Waals surface area contributed by atoms with E-state index in [4.69, 9.17) is 9.15 Å². The van der Waals surface area contributed by atoms with Crippen molar-refractivity contribution in [3.05, 3.63) is 77.6 Å². The number of carbonyl (C=O) groups excluding carboxylic acids is 1. The van der Waals surface area contributed by atoms with E-state index in [1.807, 2.05) is 42.5 Å². The van der Waals surface area contributed by atoms with Crippen molar-refractivity contribution < 1.29 is 19.1 Å². The van der Waals surface area contributed by atoms with Gasteiger partial charge in [-0.25, -0.2) is 9.78 Å². The van der Waals surface area contributed by atoms with Crippen molar-refractivity contribution in [2.45, 2.75) is 24.5 Å². The Morgan fingerprint density at radius 1 is 1.16 bits per heavy atom. The van der Waals surface area contributed by atoms with Crippen LogP contribution in [0.2, 0.25) is 0 Å². The normalized spacial score (nSPS) is 13.1. The second kappa shape index (κ2) is 9.69. The fourth-order valence-electron chi connectivity index (χ4n) is 3.27. The fraction of sp³-hybridized carbons (Fsp3) is 0.217. The number of aromatic amines is 1. The van der Waals surface area contributed by atoms with Crippen LogP contribution in [0.15, 0.2) is 70.0 Å². The van der Waals surface area contributed by atoms with Gasteiger partial charge in [0.1, 0.15) is 17.2 Å². The Hall–Kier alpha value is -3.59. The first-order chi connectivity index (χ1) is 15.5. The maximum absolute atomic E-state index is 12.3. The number of hydrogen-bond donors (Lipinski definition) is 2. The molecule has 2 aromatic carbocycles. The monoisotopic (exact) mass is 450 g/mol. The lowest BCUT2D eigenvalue weighted by atomic mass is 9.98. The van der Waals surface area contributed by atoms with E-state index >= 15 is 0 Å². The Kier molecular flexibility index (Phi) is 6.55. The Balaban J connectivity index is 1.48. The molecule has 0 aliphatic rings. The maximum atomic E-state index is 12.3. The van der Waals surface area contributed by atoms with E-state index in [2.05, 4.69) is 39.2 Å². The van der Waals surface area contributed by atoms with Gasteiger partial charge in [-0.2, -0.15) is 0 Å². The molecule has 8 nitrogen and oxygen atoms in total. The average Bonchev–Trinajstić information content (AvgIpc) is 3.44. The van der Waals surface area contributed by atoms with Crippen molar-refractivity contribution in [3.63, 3.8) is 0 Å². The molecule has 0 aliphatic heterocycles. The standard InChI is InChI=1S/C23H22N4O4S/c1-14(15-8-4-3-5-9-15)12-19-26-27-23(31-19)32-13-18(28)20(22(29)30-2)21-24-16-10-6-7-11-17(16)25-21/h3-11,14,28H,12-13H2,1-2H3,(H,24,25)/b20-18+. The first kappa shape index (κ1) is 21.6. The zero-order valence-electron chi connectivity index (χ0n) is 17.6. The molecule has 0 amide bonds. The molecule has 1 atom stereocenters.